The standard InChI is InChI=1S/C21H19ClN2O2/c1-13-4-3-5-17(14(13)2)23-20(25)21(10-11-21)19-12-18(26-24-19)15-6-8-16(22)9-7-15/h3-9,12H,10-11H2,1-2H3,(H,23,25). The molecular weight excluding hydrogens is 348 g/mol. The van der Waals surface area contributed by atoms with Crippen molar-refractivity contribution in [2.75, 3.05) is 5.32 Å². The summed E-state index contributed by atoms with van der Waals surface area (Å²) in [6.45, 7) is 4.05. The molecule has 0 atom stereocenters. The van der Waals surface area contributed by atoms with Gasteiger partial charge < -0.3 is 9.84 Å². The highest BCUT2D eigenvalue weighted by Gasteiger charge is 2.54. The van der Waals surface area contributed by atoms with E-state index < -0.39 is 5.41 Å². The quantitative estimate of drug-likeness (QED) is 0.683. The van der Waals surface area contributed by atoms with Crippen LogP contribution in [-0.4, -0.2) is 11.1 Å². The number of halogens is 1. The number of nitrogens with zero attached hydrogens (tertiary/aromatic N) is 1. The Balaban J connectivity index is 1.58. The van der Waals surface area contributed by atoms with E-state index in [1.165, 1.54) is 0 Å². The Morgan fingerprint density at radius 2 is 1.88 bits per heavy atom. The summed E-state index contributed by atoms with van der Waals surface area (Å²) in [5.74, 6) is 0.615. The zero-order valence-corrected chi connectivity index (χ0v) is 15.4. The minimum Gasteiger partial charge on any atom is -0.356 e. The second-order valence-electron chi connectivity index (χ2n) is 6.87. The van der Waals surface area contributed by atoms with Crippen LogP contribution < -0.4 is 5.32 Å². The summed E-state index contributed by atoms with van der Waals surface area (Å²) in [7, 11) is 0. The molecule has 1 aromatic heterocycles. The number of benzene rings is 2. The second-order valence-corrected chi connectivity index (χ2v) is 7.30. The molecule has 0 unspecified atom stereocenters. The highest BCUT2D eigenvalue weighted by molar-refractivity contribution is 6.30. The number of carbonyl (C=O) groups excluding carboxylic acids is 1. The number of hydrogen-bond donors (Lipinski definition) is 1. The van der Waals surface area contributed by atoms with Crippen molar-refractivity contribution < 1.29 is 9.32 Å². The van der Waals surface area contributed by atoms with Gasteiger partial charge in [-0.2, -0.15) is 0 Å². The van der Waals surface area contributed by atoms with E-state index in [1.54, 1.807) is 12.1 Å². The summed E-state index contributed by atoms with van der Waals surface area (Å²) in [6.07, 6.45) is 1.55. The van der Waals surface area contributed by atoms with E-state index >= 15 is 0 Å². The summed E-state index contributed by atoms with van der Waals surface area (Å²) < 4.78 is 5.49. The maximum absolute atomic E-state index is 12.9. The normalized spacial score (nSPS) is 14.9. The van der Waals surface area contributed by atoms with Crippen molar-refractivity contribution in [3.05, 3.63) is 70.4 Å². The minimum absolute atomic E-state index is 0.0258. The highest BCUT2D eigenvalue weighted by atomic mass is 35.5. The molecule has 0 saturated heterocycles. The fourth-order valence-electron chi connectivity index (χ4n) is 3.10. The Hall–Kier alpha value is -2.59. The first-order valence-electron chi connectivity index (χ1n) is 8.60. The molecule has 1 aliphatic carbocycles. The molecule has 1 fully saturated rings. The van der Waals surface area contributed by atoms with Crippen LogP contribution in [0.5, 0.6) is 0 Å². The van der Waals surface area contributed by atoms with Gasteiger partial charge in [0.15, 0.2) is 5.76 Å². The van der Waals surface area contributed by atoms with E-state index in [0.717, 1.165) is 35.2 Å². The Morgan fingerprint density at radius 3 is 2.58 bits per heavy atom. The van der Waals surface area contributed by atoms with Gasteiger partial charge in [0, 0.05) is 22.3 Å². The largest absolute Gasteiger partial charge is 0.356 e. The van der Waals surface area contributed by atoms with Crippen molar-refractivity contribution in [2.24, 2.45) is 0 Å². The maximum Gasteiger partial charge on any atom is 0.236 e. The van der Waals surface area contributed by atoms with E-state index in [0.29, 0.717) is 16.5 Å². The third-order valence-electron chi connectivity index (χ3n) is 5.17. The van der Waals surface area contributed by atoms with Crippen molar-refractivity contribution in [3.8, 4) is 11.3 Å². The molecule has 2 aromatic carbocycles. The van der Waals surface area contributed by atoms with E-state index in [1.807, 2.05) is 50.2 Å². The summed E-state index contributed by atoms with van der Waals surface area (Å²) in [4.78, 5) is 12.9. The van der Waals surface area contributed by atoms with Gasteiger partial charge in [0.05, 0.1) is 11.1 Å². The molecule has 0 aliphatic heterocycles. The van der Waals surface area contributed by atoms with Gasteiger partial charge >= 0.3 is 0 Å². The van der Waals surface area contributed by atoms with Crippen LogP contribution in [0.15, 0.2) is 53.1 Å². The molecular formula is C21H19ClN2O2. The lowest BCUT2D eigenvalue weighted by atomic mass is 9.99. The Bertz CT molecular complexity index is 972. The number of aryl methyl sites for hydroxylation is 1. The molecule has 26 heavy (non-hydrogen) atoms. The number of hydrogen-bond acceptors (Lipinski definition) is 3. The molecule has 0 spiro atoms. The highest BCUT2D eigenvalue weighted by Crippen LogP contribution is 2.49. The SMILES string of the molecule is Cc1cccc(NC(=O)C2(c3cc(-c4ccc(Cl)cc4)on3)CC2)c1C. The first kappa shape index (κ1) is 16.9. The summed E-state index contributed by atoms with van der Waals surface area (Å²) in [5, 5.41) is 7.92. The Kier molecular flexibility index (Phi) is 4.08. The lowest BCUT2D eigenvalue weighted by molar-refractivity contribution is -0.118. The van der Waals surface area contributed by atoms with Gasteiger partial charge in [0.25, 0.3) is 0 Å². The zero-order chi connectivity index (χ0) is 18.3. The third-order valence-corrected chi connectivity index (χ3v) is 5.42. The molecule has 1 saturated carbocycles. The van der Waals surface area contributed by atoms with Gasteiger partial charge in [-0.3, -0.25) is 4.79 Å². The lowest BCUT2D eigenvalue weighted by Crippen LogP contribution is -2.28. The monoisotopic (exact) mass is 366 g/mol. The molecule has 1 aliphatic rings. The third kappa shape index (κ3) is 2.90. The first-order valence-corrected chi connectivity index (χ1v) is 8.98. The van der Waals surface area contributed by atoms with Crippen LogP contribution in [0.2, 0.25) is 5.02 Å². The van der Waals surface area contributed by atoms with E-state index in [4.69, 9.17) is 16.1 Å². The zero-order valence-electron chi connectivity index (χ0n) is 14.7. The van der Waals surface area contributed by atoms with Gasteiger partial charge in [-0.05, 0) is 68.1 Å². The number of rotatable bonds is 4. The van der Waals surface area contributed by atoms with Gasteiger partial charge in [-0.1, -0.05) is 28.9 Å². The van der Waals surface area contributed by atoms with Crippen molar-refractivity contribution >= 4 is 23.2 Å². The van der Waals surface area contributed by atoms with Crippen LogP contribution >= 0.6 is 11.6 Å². The van der Waals surface area contributed by atoms with E-state index in [-0.39, 0.29) is 5.91 Å². The number of nitrogens with one attached hydrogen (secondary N) is 1. The summed E-state index contributed by atoms with van der Waals surface area (Å²) in [5.41, 5.74) is 4.06. The molecule has 1 N–H and O–H groups in total. The predicted molar refractivity (Wildman–Crippen MR) is 102 cm³/mol. The second kappa shape index (κ2) is 6.29. The van der Waals surface area contributed by atoms with E-state index in [9.17, 15) is 4.79 Å². The number of amides is 1. The van der Waals surface area contributed by atoms with Crippen molar-refractivity contribution in [1.29, 1.82) is 0 Å². The average Bonchev–Trinajstić information content (AvgIpc) is 3.30. The topological polar surface area (TPSA) is 55.1 Å². The average molecular weight is 367 g/mol. The number of carbonyl (C=O) groups is 1. The van der Waals surface area contributed by atoms with Crippen LogP contribution in [0, 0.1) is 13.8 Å². The van der Waals surface area contributed by atoms with Crippen molar-refractivity contribution in [1.82, 2.24) is 5.16 Å². The first-order chi connectivity index (χ1) is 12.5. The van der Waals surface area contributed by atoms with Crippen molar-refractivity contribution in [3.63, 3.8) is 0 Å². The molecule has 4 rings (SSSR count). The van der Waals surface area contributed by atoms with Crippen LogP contribution in [-0.2, 0) is 10.2 Å². The Morgan fingerprint density at radius 1 is 1.15 bits per heavy atom. The smallest absolute Gasteiger partial charge is 0.236 e. The summed E-state index contributed by atoms with van der Waals surface area (Å²) >= 11 is 5.93. The van der Waals surface area contributed by atoms with Gasteiger partial charge in [-0.25, -0.2) is 0 Å². The molecule has 1 amide bonds. The van der Waals surface area contributed by atoms with E-state index in [2.05, 4.69) is 10.5 Å². The Labute approximate surface area is 157 Å². The number of aromatic nitrogens is 1. The van der Waals surface area contributed by atoms with Crippen molar-refractivity contribution in [2.45, 2.75) is 32.1 Å². The fourth-order valence-corrected chi connectivity index (χ4v) is 3.23. The lowest BCUT2D eigenvalue weighted by Gasteiger charge is -2.15. The van der Waals surface area contributed by atoms with Crippen LogP contribution in [0.1, 0.15) is 29.7 Å². The molecule has 0 bridgehead atoms. The summed E-state index contributed by atoms with van der Waals surface area (Å²) in [6, 6.07) is 15.1. The van der Waals surface area contributed by atoms with Gasteiger partial charge in [0.1, 0.15) is 0 Å². The van der Waals surface area contributed by atoms with Crippen LogP contribution in [0.3, 0.4) is 0 Å². The minimum atomic E-state index is -0.593. The van der Waals surface area contributed by atoms with Crippen LogP contribution in [0.4, 0.5) is 5.69 Å². The van der Waals surface area contributed by atoms with Gasteiger partial charge in [0.2, 0.25) is 5.91 Å². The molecule has 4 nitrogen and oxygen atoms in total. The number of anilines is 1. The van der Waals surface area contributed by atoms with Gasteiger partial charge in [-0.15, -0.1) is 0 Å². The molecule has 132 valence electrons. The maximum atomic E-state index is 12.9. The predicted octanol–water partition coefficient (Wildman–Crippen LogP) is 5.28. The van der Waals surface area contributed by atoms with Crippen LogP contribution in [0.25, 0.3) is 11.3 Å². The molecule has 3 aromatic rings. The fraction of sp³-hybridized carbons (Fsp3) is 0.238. The molecule has 1 heterocycles. The molecule has 5 heteroatoms. The molecule has 0 radical (unpaired) electrons.